The van der Waals surface area contributed by atoms with Gasteiger partial charge in [0.1, 0.15) is 33.6 Å². The highest BCUT2D eigenvalue weighted by molar-refractivity contribution is 7.93. The van der Waals surface area contributed by atoms with E-state index in [4.69, 9.17) is 14.2 Å². The van der Waals surface area contributed by atoms with Gasteiger partial charge in [-0.05, 0) is 46.2 Å². The van der Waals surface area contributed by atoms with Gasteiger partial charge in [-0.25, -0.2) is 13.4 Å². The molecule has 0 aliphatic carbocycles. The molecule has 200 valence electrons. The maximum Gasteiger partial charge on any atom is 0.243 e. The number of anilines is 1. The van der Waals surface area contributed by atoms with Gasteiger partial charge < -0.3 is 14.2 Å². The lowest BCUT2D eigenvalue weighted by Crippen LogP contribution is -2.32. The predicted molar refractivity (Wildman–Crippen MR) is 143 cm³/mol. The molecule has 11 nitrogen and oxygen atoms in total. The molecule has 0 amide bonds. The van der Waals surface area contributed by atoms with E-state index in [9.17, 15) is 8.42 Å². The van der Waals surface area contributed by atoms with Crippen LogP contribution in [0.15, 0.2) is 36.6 Å². The summed E-state index contributed by atoms with van der Waals surface area (Å²) in [4.78, 5) is 9.73. The first kappa shape index (κ1) is 28.3. The molecule has 2 atom stereocenters. The van der Waals surface area contributed by atoms with Crippen molar-refractivity contribution in [2.24, 2.45) is 0 Å². The smallest absolute Gasteiger partial charge is 0.243 e. The van der Waals surface area contributed by atoms with Crippen LogP contribution in [0.25, 0.3) is 17.1 Å². The Bertz CT molecular complexity index is 1410. The number of nitrogens with one attached hydrogen (secondary N) is 1. The Morgan fingerprint density at radius 3 is 2.38 bits per heavy atom. The molecule has 0 unspecified atom stereocenters. The largest absolute Gasteiger partial charge is 0.499 e. The van der Waals surface area contributed by atoms with Crippen LogP contribution in [-0.4, -0.2) is 59.7 Å². The van der Waals surface area contributed by atoms with Crippen LogP contribution in [0.3, 0.4) is 0 Å². The van der Waals surface area contributed by atoms with E-state index < -0.39 is 21.4 Å². The topological polar surface area (TPSA) is 130 Å². The fraction of sp³-hybridized carbons (Fsp3) is 0.417. The average Bonchev–Trinajstić information content (AvgIpc) is 3.41. The van der Waals surface area contributed by atoms with E-state index in [0.717, 1.165) is 16.1 Å². The minimum atomic E-state index is -4.06. The summed E-state index contributed by atoms with van der Waals surface area (Å²) < 4.78 is 47.8. The first-order valence-electron chi connectivity index (χ1n) is 11.3. The third kappa shape index (κ3) is 5.84. The summed E-state index contributed by atoms with van der Waals surface area (Å²) in [6.45, 7) is 12.9. The Kier molecular flexibility index (Phi) is 8.72. The second-order valence-electron chi connectivity index (χ2n) is 8.37. The Morgan fingerprint density at radius 2 is 1.84 bits per heavy atom. The van der Waals surface area contributed by atoms with Gasteiger partial charge in [-0.1, -0.05) is 6.58 Å². The molecule has 13 heteroatoms. The standard InChI is InChI=1S/C24H32N6O5S2/c1-13-10-19(12-25-11-13)22-27-28-24(30(22)20(15(3)33-7)16(4)34-8)29-37(31,32)18(6)21(35-9)23-26-14(2)17(5)36-23/h10-12,18,21H,3H2,1-2,4-9H3,(H,28,29)/b20-16-/t18-,21-/m0/s1. The molecule has 3 aromatic heterocycles. The first-order valence-corrected chi connectivity index (χ1v) is 13.7. The van der Waals surface area contributed by atoms with Crippen LogP contribution in [0, 0.1) is 20.8 Å². The summed E-state index contributed by atoms with van der Waals surface area (Å²) >= 11 is 1.40. The zero-order valence-corrected chi connectivity index (χ0v) is 23.8. The summed E-state index contributed by atoms with van der Waals surface area (Å²) in [5.41, 5.74) is 2.67. The van der Waals surface area contributed by atoms with E-state index in [1.165, 1.54) is 37.2 Å². The maximum atomic E-state index is 13.6. The van der Waals surface area contributed by atoms with Crippen molar-refractivity contribution in [3.05, 3.63) is 57.7 Å². The number of methoxy groups -OCH3 is 3. The van der Waals surface area contributed by atoms with Crippen molar-refractivity contribution in [2.75, 3.05) is 26.1 Å². The molecule has 3 heterocycles. The van der Waals surface area contributed by atoms with E-state index in [0.29, 0.717) is 27.9 Å². The summed E-state index contributed by atoms with van der Waals surface area (Å²) in [5, 5.41) is 8.02. The monoisotopic (exact) mass is 548 g/mol. The van der Waals surface area contributed by atoms with E-state index in [-0.39, 0.29) is 11.7 Å². The van der Waals surface area contributed by atoms with Crippen LogP contribution in [-0.2, 0) is 24.2 Å². The number of hydrogen-bond donors (Lipinski definition) is 1. The molecular formula is C24H32N6O5S2. The predicted octanol–water partition coefficient (Wildman–Crippen LogP) is 4.23. The van der Waals surface area contributed by atoms with Crippen molar-refractivity contribution in [3.63, 3.8) is 0 Å². The lowest BCUT2D eigenvalue weighted by Gasteiger charge is -2.22. The molecule has 0 radical (unpaired) electrons. The van der Waals surface area contributed by atoms with Crippen LogP contribution in [0.2, 0.25) is 0 Å². The number of aryl methyl sites for hydroxylation is 3. The number of allylic oxidation sites excluding steroid dienone is 2. The summed E-state index contributed by atoms with van der Waals surface area (Å²) in [5.74, 6) is 0.874. The normalized spacial score (nSPS) is 14.1. The van der Waals surface area contributed by atoms with Gasteiger partial charge in [-0.15, -0.1) is 21.5 Å². The Morgan fingerprint density at radius 1 is 1.14 bits per heavy atom. The van der Waals surface area contributed by atoms with Gasteiger partial charge in [0.05, 0.1) is 19.9 Å². The molecule has 1 N–H and O–H groups in total. The van der Waals surface area contributed by atoms with Crippen LogP contribution in [0.5, 0.6) is 0 Å². The number of pyridine rings is 1. The molecule has 0 saturated heterocycles. The number of hydrogen-bond acceptors (Lipinski definition) is 10. The molecule has 3 aromatic rings. The first-order chi connectivity index (χ1) is 17.4. The number of thiazole rings is 1. The third-order valence-corrected chi connectivity index (χ3v) is 8.69. The molecule has 0 saturated carbocycles. The van der Waals surface area contributed by atoms with Crippen LogP contribution in [0.4, 0.5) is 5.95 Å². The number of nitrogens with zero attached hydrogens (tertiary/aromatic N) is 5. The summed E-state index contributed by atoms with van der Waals surface area (Å²) in [6.07, 6.45) is 2.52. The fourth-order valence-electron chi connectivity index (χ4n) is 3.59. The van der Waals surface area contributed by atoms with Gasteiger partial charge >= 0.3 is 0 Å². The molecular weight excluding hydrogens is 516 g/mol. The van der Waals surface area contributed by atoms with Crippen molar-refractivity contribution in [2.45, 2.75) is 46.0 Å². The van der Waals surface area contributed by atoms with Crippen molar-refractivity contribution in [1.82, 2.24) is 24.7 Å². The molecule has 37 heavy (non-hydrogen) atoms. The second kappa shape index (κ2) is 11.4. The van der Waals surface area contributed by atoms with Crippen LogP contribution in [0.1, 0.15) is 41.1 Å². The average molecular weight is 549 g/mol. The Labute approximate surface area is 221 Å². The van der Waals surface area contributed by atoms with Crippen molar-refractivity contribution in [1.29, 1.82) is 0 Å². The Balaban J connectivity index is 2.15. The van der Waals surface area contributed by atoms with Gasteiger partial charge in [0, 0.05) is 29.9 Å². The minimum absolute atomic E-state index is 0.0747. The second-order valence-corrected chi connectivity index (χ2v) is 11.6. The van der Waals surface area contributed by atoms with Gasteiger partial charge in [0.15, 0.2) is 5.82 Å². The van der Waals surface area contributed by atoms with Crippen molar-refractivity contribution >= 4 is 33.0 Å². The summed E-state index contributed by atoms with van der Waals surface area (Å²) in [6, 6.07) is 1.86. The minimum Gasteiger partial charge on any atom is -0.499 e. The van der Waals surface area contributed by atoms with Crippen molar-refractivity contribution < 1.29 is 22.6 Å². The van der Waals surface area contributed by atoms with Gasteiger partial charge in [0.25, 0.3) is 0 Å². The molecule has 0 aliphatic heterocycles. The van der Waals surface area contributed by atoms with E-state index in [2.05, 4.69) is 31.5 Å². The van der Waals surface area contributed by atoms with Crippen LogP contribution >= 0.6 is 11.3 Å². The SMILES string of the molecule is C=C(OC)/C(=C(\C)OC)n1c(NS(=O)(=O)[C@@H](C)[C@H](OC)c2nc(C)c(C)s2)nnc1-c1cncc(C)c1. The third-order valence-electron chi connectivity index (χ3n) is 5.86. The highest BCUT2D eigenvalue weighted by Gasteiger charge is 2.35. The molecule has 0 aliphatic rings. The quantitative estimate of drug-likeness (QED) is 0.276. The lowest BCUT2D eigenvalue weighted by atomic mass is 10.2. The van der Waals surface area contributed by atoms with Gasteiger partial charge in [0.2, 0.25) is 16.0 Å². The molecule has 0 aromatic carbocycles. The van der Waals surface area contributed by atoms with Gasteiger partial charge in [-0.3, -0.25) is 14.3 Å². The molecule has 0 spiro atoms. The number of sulfonamides is 1. The Hall–Kier alpha value is -3.29. The maximum absolute atomic E-state index is 13.6. The van der Waals surface area contributed by atoms with Gasteiger partial charge in [-0.2, -0.15) is 0 Å². The summed E-state index contributed by atoms with van der Waals surface area (Å²) in [7, 11) is 0.347. The fourth-order valence-corrected chi connectivity index (χ4v) is 5.92. The number of aromatic nitrogens is 5. The highest BCUT2D eigenvalue weighted by Crippen LogP contribution is 2.34. The zero-order valence-electron chi connectivity index (χ0n) is 22.2. The van der Waals surface area contributed by atoms with Crippen LogP contribution < -0.4 is 4.72 Å². The number of ether oxygens (including phenoxy) is 3. The van der Waals surface area contributed by atoms with E-state index >= 15 is 0 Å². The zero-order chi connectivity index (χ0) is 27.5. The molecule has 0 bridgehead atoms. The molecule has 0 fully saturated rings. The van der Waals surface area contributed by atoms with Crippen molar-refractivity contribution in [3.8, 4) is 11.4 Å². The highest BCUT2D eigenvalue weighted by atomic mass is 32.2. The van der Waals surface area contributed by atoms with E-state index in [1.807, 2.05) is 26.8 Å². The molecule has 3 rings (SSSR count). The lowest BCUT2D eigenvalue weighted by molar-refractivity contribution is 0.102. The van der Waals surface area contributed by atoms with E-state index in [1.54, 1.807) is 26.2 Å². The number of rotatable bonds is 11.